The van der Waals surface area contributed by atoms with Gasteiger partial charge in [-0.25, -0.2) is 4.57 Å². The molecule has 0 aliphatic carbocycles. The molecule has 1 aliphatic rings. The molecule has 1 saturated heterocycles. The van der Waals surface area contributed by atoms with Crippen LogP contribution in [0, 0.1) is 11.8 Å². The van der Waals surface area contributed by atoms with Crippen LogP contribution in [0.25, 0.3) is 5.76 Å². The second-order valence-electron chi connectivity index (χ2n) is 6.03. The third-order valence-electron chi connectivity index (χ3n) is 3.61. The number of phosphoric ester groups is 1. The lowest BCUT2D eigenvalue weighted by Gasteiger charge is -2.21. The van der Waals surface area contributed by atoms with E-state index in [2.05, 4.69) is 27.7 Å². The largest absolute Gasteiger partial charge is 0.530 e. The summed E-state index contributed by atoms with van der Waals surface area (Å²) in [4.78, 5) is 0. The third kappa shape index (κ3) is 4.37. The molecular formula is C17H25O5P. The predicted molar refractivity (Wildman–Crippen MR) is 90.2 cm³/mol. The molecular weight excluding hydrogens is 315 g/mol. The van der Waals surface area contributed by atoms with Crippen LogP contribution in [0.4, 0.5) is 0 Å². The van der Waals surface area contributed by atoms with Gasteiger partial charge < -0.3 is 9.26 Å². The zero-order valence-corrected chi connectivity index (χ0v) is 15.3. The molecule has 0 saturated carbocycles. The van der Waals surface area contributed by atoms with Crippen molar-refractivity contribution in [3.63, 3.8) is 0 Å². The maximum Gasteiger partial charge on any atom is 0.530 e. The number of hydrogen-bond acceptors (Lipinski definition) is 5. The normalized spacial score (nSPS) is 16.7. The lowest BCUT2D eigenvalue weighted by molar-refractivity contribution is 0.270. The van der Waals surface area contributed by atoms with E-state index in [9.17, 15) is 4.57 Å². The van der Waals surface area contributed by atoms with Gasteiger partial charge in [0, 0.05) is 5.56 Å². The summed E-state index contributed by atoms with van der Waals surface area (Å²) in [5, 5.41) is 0. The molecule has 1 aromatic carbocycles. The highest BCUT2D eigenvalue weighted by Crippen LogP contribution is 2.52. The van der Waals surface area contributed by atoms with Crippen LogP contribution in [0.1, 0.15) is 33.3 Å². The fourth-order valence-corrected chi connectivity index (χ4v) is 3.95. The Hall–Kier alpha value is -1.29. The average Bonchev–Trinajstić information content (AvgIpc) is 2.90. The van der Waals surface area contributed by atoms with Gasteiger partial charge in [0.15, 0.2) is 0 Å². The topological polar surface area (TPSA) is 54.0 Å². The van der Waals surface area contributed by atoms with Gasteiger partial charge in [-0.2, -0.15) is 0 Å². The molecule has 0 radical (unpaired) electrons. The molecule has 128 valence electrons. The van der Waals surface area contributed by atoms with Crippen LogP contribution in [0.2, 0.25) is 0 Å². The minimum Gasteiger partial charge on any atom is -0.496 e. The van der Waals surface area contributed by atoms with Crippen molar-refractivity contribution in [1.29, 1.82) is 0 Å². The molecule has 2 rings (SSSR count). The van der Waals surface area contributed by atoms with E-state index in [1.165, 1.54) is 5.57 Å². The fourth-order valence-electron chi connectivity index (χ4n) is 2.80. The van der Waals surface area contributed by atoms with Crippen LogP contribution in [0.15, 0.2) is 29.8 Å². The lowest BCUT2D eigenvalue weighted by atomic mass is 9.89. The molecule has 23 heavy (non-hydrogen) atoms. The van der Waals surface area contributed by atoms with E-state index >= 15 is 0 Å². The van der Waals surface area contributed by atoms with Gasteiger partial charge in [-0.3, -0.25) is 9.05 Å². The van der Waals surface area contributed by atoms with Gasteiger partial charge in [0.05, 0.1) is 20.3 Å². The first kappa shape index (κ1) is 18.1. The molecule has 1 heterocycles. The zero-order chi connectivity index (χ0) is 17.0. The molecule has 0 aromatic heterocycles. The molecule has 1 aliphatic heterocycles. The van der Waals surface area contributed by atoms with Gasteiger partial charge >= 0.3 is 7.82 Å². The molecule has 0 atom stereocenters. The Morgan fingerprint density at radius 2 is 1.74 bits per heavy atom. The fraction of sp³-hybridized carbons (Fsp3) is 0.529. The third-order valence-corrected chi connectivity index (χ3v) is 5.04. The summed E-state index contributed by atoms with van der Waals surface area (Å²) in [5.74, 6) is 1.98. The maximum absolute atomic E-state index is 12.2. The Morgan fingerprint density at radius 3 is 2.26 bits per heavy atom. The summed E-state index contributed by atoms with van der Waals surface area (Å²) in [6.07, 6.45) is 0. The highest BCUT2D eigenvalue weighted by Gasteiger charge is 2.33. The summed E-state index contributed by atoms with van der Waals surface area (Å²) in [7, 11) is -1.80. The predicted octanol–water partition coefficient (Wildman–Crippen LogP) is 4.89. The molecule has 0 N–H and O–H groups in total. The van der Waals surface area contributed by atoms with Crippen LogP contribution in [0.5, 0.6) is 5.75 Å². The number of allylic oxidation sites excluding steroid dienone is 1. The van der Waals surface area contributed by atoms with Gasteiger partial charge in [0.25, 0.3) is 0 Å². The van der Waals surface area contributed by atoms with E-state index in [1.54, 1.807) is 19.2 Å². The van der Waals surface area contributed by atoms with Gasteiger partial charge in [0.2, 0.25) is 0 Å². The molecule has 5 nitrogen and oxygen atoms in total. The van der Waals surface area contributed by atoms with Crippen LogP contribution >= 0.6 is 7.82 Å². The van der Waals surface area contributed by atoms with Crippen LogP contribution in [-0.2, 0) is 18.3 Å². The van der Waals surface area contributed by atoms with Crippen LogP contribution in [-0.4, -0.2) is 20.3 Å². The highest BCUT2D eigenvalue weighted by atomic mass is 31.2. The number of benzene rings is 1. The molecule has 0 spiro atoms. The van der Waals surface area contributed by atoms with E-state index in [0.29, 0.717) is 17.6 Å². The van der Waals surface area contributed by atoms with Crippen molar-refractivity contribution in [2.45, 2.75) is 27.7 Å². The number of rotatable bonds is 6. The van der Waals surface area contributed by atoms with Crippen LogP contribution in [0.3, 0.4) is 0 Å². The number of ether oxygens (including phenoxy) is 1. The summed E-state index contributed by atoms with van der Waals surface area (Å²) in [6.45, 7) is 9.15. The second-order valence-corrected chi connectivity index (χ2v) is 7.62. The monoisotopic (exact) mass is 340 g/mol. The molecule has 0 bridgehead atoms. The minimum atomic E-state index is -3.47. The molecule has 1 fully saturated rings. The SMILES string of the molecule is COC(=C(C(C)C)C(C)C)c1cccc(OP2(=O)OCCO2)c1. The van der Waals surface area contributed by atoms with Crippen molar-refractivity contribution in [3.05, 3.63) is 35.4 Å². The van der Waals surface area contributed by atoms with Crippen molar-refractivity contribution < 1.29 is 22.9 Å². The second kappa shape index (κ2) is 7.52. The number of hydrogen-bond donors (Lipinski definition) is 0. The number of phosphoric acid groups is 1. The summed E-state index contributed by atoms with van der Waals surface area (Å²) >= 11 is 0. The average molecular weight is 340 g/mol. The summed E-state index contributed by atoms with van der Waals surface area (Å²) < 4.78 is 33.4. The first-order valence-electron chi connectivity index (χ1n) is 7.83. The highest BCUT2D eigenvalue weighted by molar-refractivity contribution is 7.49. The Bertz CT molecular complexity index is 601. The Balaban J connectivity index is 2.37. The van der Waals surface area contributed by atoms with E-state index < -0.39 is 7.82 Å². The Kier molecular flexibility index (Phi) is 5.90. The summed E-state index contributed by atoms with van der Waals surface area (Å²) in [6, 6.07) is 7.31. The van der Waals surface area contributed by atoms with E-state index in [0.717, 1.165) is 11.3 Å². The van der Waals surface area contributed by atoms with Crippen LogP contribution < -0.4 is 4.52 Å². The van der Waals surface area contributed by atoms with E-state index in [-0.39, 0.29) is 13.2 Å². The number of methoxy groups -OCH3 is 1. The first-order chi connectivity index (χ1) is 10.9. The smallest absolute Gasteiger partial charge is 0.496 e. The Labute approximate surface area is 138 Å². The van der Waals surface area contributed by atoms with Gasteiger partial charge in [0.1, 0.15) is 11.5 Å². The van der Waals surface area contributed by atoms with Crippen molar-refractivity contribution in [3.8, 4) is 5.75 Å². The quantitative estimate of drug-likeness (QED) is 0.545. The molecule has 6 heteroatoms. The van der Waals surface area contributed by atoms with E-state index in [4.69, 9.17) is 18.3 Å². The molecule has 0 amide bonds. The van der Waals surface area contributed by atoms with E-state index in [1.807, 2.05) is 12.1 Å². The minimum absolute atomic E-state index is 0.283. The standard InChI is InChI=1S/C17H25O5P/c1-12(2)16(13(3)4)17(19-5)14-7-6-8-15(11-14)22-23(18)20-9-10-21-23/h6-8,11-13H,9-10H2,1-5H3. The maximum atomic E-state index is 12.2. The summed E-state index contributed by atoms with van der Waals surface area (Å²) in [5.41, 5.74) is 2.11. The van der Waals surface area contributed by atoms with Gasteiger partial charge in [-0.1, -0.05) is 39.8 Å². The zero-order valence-electron chi connectivity index (χ0n) is 14.4. The van der Waals surface area contributed by atoms with Crippen molar-refractivity contribution >= 4 is 13.6 Å². The molecule has 1 aromatic rings. The van der Waals surface area contributed by atoms with Crippen molar-refractivity contribution in [2.75, 3.05) is 20.3 Å². The van der Waals surface area contributed by atoms with Gasteiger partial charge in [-0.05, 0) is 29.5 Å². The Morgan fingerprint density at radius 1 is 1.13 bits per heavy atom. The van der Waals surface area contributed by atoms with Crippen molar-refractivity contribution in [2.24, 2.45) is 11.8 Å². The van der Waals surface area contributed by atoms with Gasteiger partial charge in [-0.15, -0.1) is 0 Å². The lowest BCUT2D eigenvalue weighted by Crippen LogP contribution is -2.07. The molecule has 0 unspecified atom stereocenters. The first-order valence-corrected chi connectivity index (χ1v) is 9.29. The van der Waals surface area contributed by atoms with Crippen molar-refractivity contribution in [1.82, 2.24) is 0 Å².